The quantitative estimate of drug-likeness (QED) is 0.608. The maximum atomic E-state index is 10.9. The molecule has 0 spiro atoms. The Hall–Kier alpha value is -1.89. The number of nitro benzene ring substituents is 1. The second-order valence-electron chi connectivity index (χ2n) is 4.63. The SMILES string of the molecule is CCc1nn(C)c(COc2cccc([N+](=O)[O-])c2C)c1Br. The highest BCUT2D eigenvalue weighted by Crippen LogP contribution is 2.29. The zero-order valence-corrected chi connectivity index (χ0v) is 13.7. The lowest BCUT2D eigenvalue weighted by Crippen LogP contribution is -2.05. The summed E-state index contributed by atoms with van der Waals surface area (Å²) < 4.78 is 8.42. The van der Waals surface area contributed by atoms with Gasteiger partial charge in [-0.15, -0.1) is 0 Å². The van der Waals surface area contributed by atoms with E-state index in [0.717, 1.165) is 22.3 Å². The summed E-state index contributed by atoms with van der Waals surface area (Å²) in [6, 6.07) is 4.82. The van der Waals surface area contributed by atoms with E-state index < -0.39 is 4.92 Å². The maximum absolute atomic E-state index is 10.9. The lowest BCUT2D eigenvalue weighted by molar-refractivity contribution is -0.385. The Kier molecular flexibility index (Phi) is 4.62. The standard InChI is InChI=1S/C14H16BrN3O3/c1-4-10-14(15)12(17(3)16-10)8-21-13-7-5-6-11(9(13)2)18(19)20/h5-7H,4,8H2,1-3H3. The van der Waals surface area contributed by atoms with Gasteiger partial charge in [-0.2, -0.15) is 5.10 Å². The van der Waals surface area contributed by atoms with Crippen molar-refractivity contribution in [2.24, 2.45) is 7.05 Å². The van der Waals surface area contributed by atoms with Crippen LogP contribution in [-0.4, -0.2) is 14.7 Å². The highest BCUT2D eigenvalue weighted by Gasteiger charge is 2.16. The van der Waals surface area contributed by atoms with E-state index in [1.54, 1.807) is 23.7 Å². The van der Waals surface area contributed by atoms with E-state index in [1.807, 2.05) is 14.0 Å². The van der Waals surface area contributed by atoms with Crippen molar-refractivity contribution in [2.75, 3.05) is 0 Å². The fourth-order valence-electron chi connectivity index (χ4n) is 2.08. The van der Waals surface area contributed by atoms with Gasteiger partial charge in [-0.25, -0.2) is 0 Å². The number of ether oxygens (including phenoxy) is 1. The van der Waals surface area contributed by atoms with Gasteiger partial charge in [-0.3, -0.25) is 14.8 Å². The smallest absolute Gasteiger partial charge is 0.276 e. The zero-order valence-electron chi connectivity index (χ0n) is 12.1. The first-order valence-electron chi connectivity index (χ1n) is 6.52. The normalized spacial score (nSPS) is 10.7. The molecule has 2 aromatic rings. The van der Waals surface area contributed by atoms with E-state index in [0.29, 0.717) is 17.9 Å². The Bertz CT molecular complexity index is 682. The number of benzene rings is 1. The van der Waals surface area contributed by atoms with Crippen molar-refractivity contribution >= 4 is 21.6 Å². The molecular formula is C14H16BrN3O3. The van der Waals surface area contributed by atoms with Crippen molar-refractivity contribution in [3.63, 3.8) is 0 Å². The molecule has 0 aliphatic heterocycles. The second-order valence-corrected chi connectivity index (χ2v) is 5.42. The van der Waals surface area contributed by atoms with Crippen molar-refractivity contribution in [3.05, 3.63) is 49.7 Å². The predicted octanol–water partition coefficient (Wildman–Crippen LogP) is 3.54. The molecule has 0 atom stereocenters. The first-order valence-corrected chi connectivity index (χ1v) is 7.32. The van der Waals surface area contributed by atoms with E-state index in [2.05, 4.69) is 21.0 Å². The highest BCUT2D eigenvalue weighted by atomic mass is 79.9. The Morgan fingerprint density at radius 3 is 2.76 bits per heavy atom. The summed E-state index contributed by atoms with van der Waals surface area (Å²) in [5.41, 5.74) is 2.45. The number of halogens is 1. The van der Waals surface area contributed by atoms with Crippen LogP contribution >= 0.6 is 15.9 Å². The molecular weight excluding hydrogens is 338 g/mol. The van der Waals surface area contributed by atoms with Gasteiger partial charge in [0, 0.05) is 13.1 Å². The molecule has 0 radical (unpaired) electrons. The van der Waals surface area contributed by atoms with Crippen LogP contribution in [0, 0.1) is 17.0 Å². The van der Waals surface area contributed by atoms with E-state index >= 15 is 0 Å². The molecule has 2 rings (SSSR count). The minimum absolute atomic E-state index is 0.0609. The average Bonchev–Trinajstić information content (AvgIpc) is 2.72. The molecule has 0 N–H and O–H groups in total. The van der Waals surface area contributed by atoms with E-state index in [1.165, 1.54) is 6.07 Å². The molecule has 0 aliphatic carbocycles. The number of nitro groups is 1. The fourth-order valence-corrected chi connectivity index (χ4v) is 2.81. The number of aromatic nitrogens is 2. The number of nitrogens with zero attached hydrogens (tertiary/aromatic N) is 3. The molecule has 0 saturated heterocycles. The molecule has 1 aromatic heterocycles. The molecule has 0 saturated carbocycles. The minimum atomic E-state index is -0.405. The molecule has 0 aliphatic rings. The summed E-state index contributed by atoms with van der Waals surface area (Å²) >= 11 is 3.52. The molecule has 0 amide bonds. The van der Waals surface area contributed by atoms with Gasteiger partial charge in [-0.05, 0) is 35.3 Å². The fraction of sp³-hybridized carbons (Fsp3) is 0.357. The summed E-state index contributed by atoms with van der Waals surface area (Å²) in [7, 11) is 1.85. The molecule has 1 aromatic carbocycles. The van der Waals surface area contributed by atoms with Gasteiger partial charge in [0.05, 0.1) is 26.3 Å². The maximum Gasteiger partial charge on any atom is 0.276 e. The number of hydrogen-bond donors (Lipinski definition) is 0. The van der Waals surface area contributed by atoms with Crippen LogP contribution in [0.3, 0.4) is 0 Å². The Balaban J connectivity index is 2.23. The van der Waals surface area contributed by atoms with Crippen LogP contribution in [0.4, 0.5) is 5.69 Å². The summed E-state index contributed by atoms with van der Waals surface area (Å²) in [6.07, 6.45) is 0.824. The first-order chi connectivity index (χ1) is 9.95. The van der Waals surface area contributed by atoms with Gasteiger partial charge >= 0.3 is 0 Å². The van der Waals surface area contributed by atoms with Crippen LogP contribution in [-0.2, 0) is 20.1 Å². The molecule has 7 heteroatoms. The van der Waals surface area contributed by atoms with Crippen LogP contribution in [0.1, 0.15) is 23.9 Å². The van der Waals surface area contributed by atoms with Gasteiger partial charge in [0.2, 0.25) is 0 Å². The third-order valence-corrected chi connectivity index (χ3v) is 4.23. The monoisotopic (exact) mass is 353 g/mol. The van der Waals surface area contributed by atoms with Gasteiger partial charge < -0.3 is 4.74 Å². The lowest BCUT2D eigenvalue weighted by atomic mass is 10.2. The Labute approximate surface area is 131 Å². The first kappa shape index (κ1) is 15.5. The molecule has 0 bridgehead atoms. The lowest BCUT2D eigenvalue weighted by Gasteiger charge is -2.09. The van der Waals surface area contributed by atoms with Gasteiger partial charge in [0.1, 0.15) is 12.4 Å². The van der Waals surface area contributed by atoms with Gasteiger partial charge in [-0.1, -0.05) is 13.0 Å². The van der Waals surface area contributed by atoms with Crippen molar-refractivity contribution in [1.29, 1.82) is 0 Å². The number of rotatable bonds is 5. The van der Waals surface area contributed by atoms with Gasteiger partial charge in [0.15, 0.2) is 0 Å². The van der Waals surface area contributed by atoms with Crippen LogP contribution in [0.15, 0.2) is 22.7 Å². The Morgan fingerprint density at radius 2 is 2.19 bits per heavy atom. The van der Waals surface area contributed by atoms with Crippen LogP contribution in [0.25, 0.3) is 0 Å². The van der Waals surface area contributed by atoms with Crippen LogP contribution < -0.4 is 4.74 Å². The number of hydrogen-bond acceptors (Lipinski definition) is 4. The van der Waals surface area contributed by atoms with Crippen molar-refractivity contribution in [3.8, 4) is 5.75 Å². The minimum Gasteiger partial charge on any atom is -0.487 e. The summed E-state index contributed by atoms with van der Waals surface area (Å²) in [4.78, 5) is 10.5. The largest absolute Gasteiger partial charge is 0.487 e. The van der Waals surface area contributed by atoms with Gasteiger partial charge in [0.25, 0.3) is 5.69 Å². The van der Waals surface area contributed by atoms with Crippen molar-refractivity contribution < 1.29 is 9.66 Å². The third kappa shape index (κ3) is 3.07. The number of aryl methyl sites for hydroxylation is 2. The van der Waals surface area contributed by atoms with Crippen molar-refractivity contribution in [1.82, 2.24) is 9.78 Å². The van der Waals surface area contributed by atoms with E-state index in [9.17, 15) is 10.1 Å². The van der Waals surface area contributed by atoms with Crippen molar-refractivity contribution in [2.45, 2.75) is 26.9 Å². The molecule has 1 heterocycles. The molecule has 0 unspecified atom stereocenters. The van der Waals surface area contributed by atoms with E-state index in [-0.39, 0.29) is 5.69 Å². The molecule has 0 fully saturated rings. The summed E-state index contributed by atoms with van der Waals surface area (Å²) in [6.45, 7) is 4.01. The van der Waals surface area contributed by atoms with Crippen LogP contribution in [0.5, 0.6) is 5.75 Å². The predicted molar refractivity (Wildman–Crippen MR) is 82.5 cm³/mol. The van der Waals surface area contributed by atoms with E-state index in [4.69, 9.17) is 4.74 Å². The summed E-state index contributed by atoms with van der Waals surface area (Å²) in [5, 5.41) is 15.3. The molecule has 112 valence electrons. The highest BCUT2D eigenvalue weighted by molar-refractivity contribution is 9.10. The molecule has 6 nitrogen and oxygen atoms in total. The third-order valence-electron chi connectivity index (χ3n) is 3.32. The molecule has 21 heavy (non-hydrogen) atoms. The average molecular weight is 354 g/mol. The second kappa shape index (κ2) is 6.26. The Morgan fingerprint density at radius 1 is 1.48 bits per heavy atom. The zero-order chi connectivity index (χ0) is 15.6. The topological polar surface area (TPSA) is 70.2 Å². The summed E-state index contributed by atoms with van der Waals surface area (Å²) in [5.74, 6) is 0.510. The van der Waals surface area contributed by atoms with Crippen LogP contribution in [0.2, 0.25) is 0 Å².